The number of benzene rings is 2. The van der Waals surface area contributed by atoms with Gasteiger partial charge >= 0.3 is 5.97 Å². The third kappa shape index (κ3) is 2.32. The normalized spacial score (nSPS) is 20.0. The van der Waals surface area contributed by atoms with Crippen LogP contribution in [0.2, 0.25) is 0 Å². The van der Waals surface area contributed by atoms with Gasteiger partial charge in [0.15, 0.2) is 0 Å². The number of carbonyl (C=O) groups is 1. The van der Waals surface area contributed by atoms with Crippen molar-refractivity contribution in [3.05, 3.63) is 58.7 Å². The highest BCUT2D eigenvalue weighted by Gasteiger charge is 2.23. The van der Waals surface area contributed by atoms with Crippen LogP contribution in [0.4, 0.5) is 0 Å². The largest absolute Gasteiger partial charge is 0.459 e. The van der Waals surface area contributed by atoms with Crippen molar-refractivity contribution in [3.8, 4) is 11.1 Å². The fraction of sp³-hybridized carbons (Fsp3) is 0.316. The number of cyclic esters (lactones) is 1. The van der Waals surface area contributed by atoms with Crippen LogP contribution in [0.15, 0.2) is 36.4 Å². The molecule has 0 aliphatic carbocycles. The van der Waals surface area contributed by atoms with Crippen LogP contribution < -0.4 is 5.32 Å². The average Bonchev–Trinajstić information content (AvgIpc) is 2.53. The first kappa shape index (κ1) is 13.5. The van der Waals surface area contributed by atoms with Crippen LogP contribution in [0.5, 0.6) is 0 Å². The topological polar surface area (TPSA) is 38.3 Å². The summed E-state index contributed by atoms with van der Waals surface area (Å²) in [5, 5.41) is 3.40. The summed E-state index contributed by atoms with van der Waals surface area (Å²) in [5.41, 5.74) is 7.05. The van der Waals surface area contributed by atoms with Crippen LogP contribution in [-0.4, -0.2) is 18.6 Å². The standard InChI is InChI=1S/C19H19NO2/c1-12-8-17-10-14(4-5-18(17)19(21)22-12)13-2-3-16-11-20-7-6-15(16)9-13/h2-5,9-10,12,20H,6-8,11H2,1H3/t12-/m0/s1. The molecule has 2 aromatic carbocycles. The third-order valence-electron chi connectivity index (χ3n) is 4.57. The Bertz CT molecular complexity index is 751. The maximum atomic E-state index is 11.9. The Labute approximate surface area is 130 Å². The summed E-state index contributed by atoms with van der Waals surface area (Å²) >= 11 is 0. The first-order chi connectivity index (χ1) is 10.7. The molecule has 0 saturated carbocycles. The zero-order valence-electron chi connectivity index (χ0n) is 12.7. The van der Waals surface area contributed by atoms with Gasteiger partial charge in [0.2, 0.25) is 0 Å². The van der Waals surface area contributed by atoms with E-state index in [0.717, 1.165) is 31.5 Å². The quantitative estimate of drug-likeness (QED) is 0.821. The lowest BCUT2D eigenvalue weighted by atomic mass is 9.91. The summed E-state index contributed by atoms with van der Waals surface area (Å²) in [6, 6.07) is 12.8. The van der Waals surface area contributed by atoms with Crippen molar-refractivity contribution >= 4 is 5.97 Å². The molecule has 0 aromatic heterocycles. The van der Waals surface area contributed by atoms with E-state index in [4.69, 9.17) is 4.74 Å². The summed E-state index contributed by atoms with van der Waals surface area (Å²) in [7, 11) is 0. The predicted octanol–water partition coefficient (Wildman–Crippen LogP) is 3.10. The third-order valence-corrected chi connectivity index (χ3v) is 4.57. The van der Waals surface area contributed by atoms with Crippen LogP contribution in [0, 0.1) is 0 Å². The molecule has 2 aliphatic heterocycles. The molecule has 112 valence electrons. The molecule has 0 spiro atoms. The van der Waals surface area contributed by atoms with Crippen LogP contribution in [0.1, 0.15) is 34.0 Å². The number of hydrogen-bond donors (Lipinski definition) is 1. The highest BCUT2D eigenvalue weighted by Crippen LogP contribution is 2.29. The van der Waals surface area contributed by atoms with Gasteiger partial charge in [-0.3, -0.25) is 0 Å². The van der Waals surface area contributed by atoms with Crippen molar-refractivity contribution in [2.24, 2.45) is 0 Å². The van der Waals surface area contributed by atoms with Gasteiger partial charge in [-0.2, -0.15) is 0 Å². The van der Waals surface area contributed by atoms with E-state index in [1.165, 1.54) is 22.3 Å². The van der Waals surface area contributed by atoms with Crippen molar-refractivity contribution in [1.29, 1.82) is 0 Å². The van der Waals surface area contributed by atoms with Crippen LogP contribution in [-0.2, 0) is 24.1 Å². The number of ether oxygens (including phenoxy) is 1. The maximum absolute atomic E-state index is 11.9. The second kappa shape index (κ2) is 5.25. The lowest BCUT2D eigenvalue weighted by Gasteiger charge is -2.22. The second-order valence-corrected chi connectivity index (χ2v) is 6.20. The molecule has 3 nitrogen and oxygen atoms in total. The number of esters is 1. The number of fused-ring (bicyclic) bond motifs is 2. The minimum Gasteiger partial charge on any atom is -0.459 e. The zero-order chi connectivity index (χ0) is 15.1. The molecule has 0 saturated heterocycles. The predicted molar refractivity (Wildman–Crippen MR) is 85.9 cm³/mol. The molecular formula is C19H19NO2. The number of carbonyl (C=O) groups excluding carboxylic acids is 1. The van der Waals surface area contributed by atoms with Crippen molar-refractivity contribution in [2.75, 3.05) is 6.54 Å². The Balaban J connectivity index is 1.74. The number of hydrogen-bond acceptors (Lipinski definition) is 3. The highest BCUT2D eigenvalue weighted by atomic mass is 16.5. The lowest BCUT2D eigenvalue weighted by Crippen LogP contribution is -2.25. The number of nitrogens with one attached hydrogen (secondary N) is 1. The molecule has 1 atom stereocenters. The minimum absolute atomic E-state index is 0.0372. The Morgan fingerprint density at radius 2 is 1.82 bits per heavy atom. The molecule has 2 aliphatic rings. The van der Waals surface area contributed by atoms with E-state index >= 15 is 0 Å². The van der Waals surface area contributed by atoms with Gasteiger partial charge in [0.25, 0.3) is 0 Å². The number of rotatable bonds is 1. The van der Waals surface area contributed by atoms with E-state index in [0.29, 0.717) is 5.56 Å². The van der Waals surface area contributed by atoms with Gasteiger partial charge in [0.1, 0.15) is 6.10 Å². The molecule has 0 unspecified atom stereocenters. The maximum Gasteiger partial charge on any atom is 0.338 e. The van der Waals surface area contributed by atoms with E-state index in [9.17, 15) is 4.79 Å². The van der Waals surface area contributed by atoms with Crippen LogP contribution >= 0.6 is 0 Å². The van der Waals surface area contributed by atoms with E-state index in [1.54, 1.807) is 0 Å². The summed E-state index contributed by atoms with van der Waals surface area (Å²) < 4.78 is 5.29. The highest BCUT2D eigenvalue weighted by molar-refractivity contribution is 5.93. The van der Waals surface area contributed by atoms with Gasteiger partial charge in [-0.1, -0.05) is 30.3 Å². The smallest absolute Gasteiger partial charge is 0.338 e. The molecule has 4 rings (SSSR count). The average molecular weight is 293 g/mol. The van der Waals surface area contributed by atoms with Gasteiger partial charge in [-0.25, -0.2) is 4.79 Å². The fourth-order valence-electron chi connectivity index (χ4n) is 3.40. The van der Waals surface area contributed by atoms with Crippen molar-refractivity contribution in [3.63, 3.8) is 0 Å². The van der Waals surface area contributed by atoms with Gasteiger partial charge in [-0.05, 0) is 53.8 Å². The molecule has 0 radical (unpaired) electrons. The molecule has 3 heteroatoms. The van der Waals surface area contributed by atoms with Gasteiger partial charge in [0.05, 0.1) is 5.56 Å². The van der Waals surface area contributed by atoms with Gasteiger partial charge in [0, 0.05) is 13.0 Å². The van der Waals surface area contributed by atoms with Crippen LogP contribution in [0.25, 0.3) is 11.1 Å². The first-order valence-electron chi connectivity index (χ1n) is 7.87. The summed E-state index contributed by atoms with van der Waals surface area (Å²) in [6.45, 7) is 3.95. The Kier molecular flexibility index (Phi) is 3.23. The van der Waals surface area contributed by atoms with Crippen LogP contribution in [0.3, 0.4) is 0 Å². The van der Waals surface area contributed by atoms with Crippen molar-refractivity contribution in [1.82, 2.24) is 5.32 Å². The summed E-state index contributed by atoms with van der Waals surface area (Å²) in [5.74, 6) is -0.197. The molecule has 2 aromatic rings. The van der Waals surface area contributed by atoms with Crippen molar-refractivity contribution < 1.29 is 9.53 Å². The van der Waals surface area contributed by atoms with E-state index in [-0.39, 0.29) is 12.1 Å². The first-order valence-corrected chi connectivity index (χ1v) is 7.87. The fourth-order valence-corrected chi connectivity index (χ4v) is 3.40. The minimum atomic E-state index is -0.197. The SMILES string of the molecule is C[C@H]1Cc2cc(-c3ccc4c(c3)CCNC4)ccc2C(=O)O1. The lowest BCUT2D eigenvalue weighted by molar-refractivity contribution is 0.0301. The Hall–Kier alpha value is -2.13. The van der Waals surface area contributed by atoms with Gasteiger partial charge in [-0.15, -0.1) is 0 Å². The molecular weight excluding hydrogens is 274 g/mol. The second-order valence-electron chi connectivity index (χ2n) is 6.20. The summed E-state index contributed by atoms with van der Waals surface area (Å²) in [4.78, 5) is 11.9. The molecule has 0 amide bonds. The summed E-state index contributed by atoms with van der Waals surface area (Å²) in [6.07, 6.45) is 1.84. The molecule has 2 heterocycles. The zero-order valence-corrected chi connectivity index (χ0v) is 12.7. The molecule has 1 N–H and O–H groups in total. The Morgan fingerprint density at radius 3 is 2.68 bits per heavy atom. The monoisotopic (exact) mass is 293 g/mol. The van der Waals surface area contributed by atoms with Gasteiger partial charge < -0.3 is 10.1 Å². The van der Waals surface area contributed by atoms with E-state index in [1.807, 2.05) is 19.1 Å². The van der Waals surface area contributed by atoms with E-state index < -0.39 is 0 Å². The molecule has 22 heavy (non-hydrogen) atoms. The Morgan fingerprint density at radius 1 is 1.05 bits per heavy atom. The van der Waals surface area contributed by atoms with Crippen molar-refractivity contribution in [2.45, 2.75) is 32.4 Å². The molecule has 0 bridgehead atoms. The van der Waals surface area contributed by atoms with E-state index in [2.05, 4.69) is 29.6 Å². The molecule has 0 fully saturated rings.